The molecule has 0 aliphatic rings. The van der Waals surface area contributed by atoms with E-state index < -0.39 is 0 Å². The Morgan fingerprint density at radius 3 is 2.82 bits per heavy atom. The van der Waals surface area contributed by atoms with Crippen LogP contribution in [0.5, 0.6) is 0 Å². The number of nitrogen functional groups attached to an aromatic ring is 1. The van der Waals surface area contributed by atoms with E-state index in [1.54, 1.807) is 18.3 Å². The van der Waals surface area contributed by atoms with Gasteiger partial charge in [0.05, 0.1) is 16.9 Å². The molecule has 0 aliphatic carbocycles. The molecule has 17 heavy (non-hydrogen) atoms. The fourth-order valence-corrected chi connectivity index (χ4v) is 1.57. The summed E-state index contributed by atoms with van der Waals surface area (Å²) in [6.45, 7) is 1.89. The normalized spacial score (nSPS) is 9.65. The van der Waals surface area contributed by atoms with Crippen LogP contribution in [-0.2, 0) is 0 Å². The highest BCUT2D eigenvalue weighted by Crippen LogP contribution is 2.24. The minimum absolute atomic E-state index is 0.554. The van der Waals surface area contributed by atoms with E-state index in [0.717, 1.165) is 11.3 Å². The van der Waals surface area contributed by atoms with Crippen LogP contribution in [0.3, 0.4) is 0 Å². The number of nitriles is 1. The maximum atomic E-state index is 9.10. The van der Waals surface area contributed by atoms with E-state index in [1.807, 2.05) is 25.1 Å². The molecule has 0 saturated carbocycles. The summed E-state index contributed by atoms with van der Waals surface area (Å²) in [6.07, 6.45) is 1.65. The Morgan fingerprint density at radius 1 is 1.29 bits per heavy atom. The Hall–Kier alpha value is -2.54. The summed E-state index contributed by atoms with van der Waals surface area (Å²) in [6, 6.07) is 11.3. The summed E-state index contributed by atoms with van der Waals surface area (Å²) in [5, 5.41) is 12.2. The predicted octanol–water partition coefficient (Wildman–Crippen LogP) is 2.59. The highest BCUT2D eigenvalue weighted by Gasteiger charge is 2.06. The summed E-state index contributed by atoms with van der Waals surface area (Å²) in [4.78, 5) is 4.13. The first-order valence-electron chi connectivity index (χ1n) is 5.19. The fourth-order valence-electron chi connectivity index (χ4n) is 1.57. The summed E-state index contributed by atoms with van der Waals surface area (Å²) in [5.74, 6) is 0.564. The van der Waals surface area contributed by atoms with Gasteiger partial charge >= 0.3 is 0 Å². The van der Waals surface area contributed by atoms with Gasteiger partial charge in [0.15, 0.2) is 5.82 Å². The molecule has 4 heteroatoms. The third-order valence-corrected chi connectivity index (χ3v) is 2.48. The third-order valence-electron chi connectivity index (χ3n) is 2.48. The fraction of sp³-hybridized carbons (Fsp3) is 0.0769. The zero-order valence-corrected chi connectivity index (χ0v) is 9.44. The molecule has 0 spiro atoms. The Balaban J connectivity index is 2.41. The van der Waals surface area contributed by atoms with Crippen LogP contribution in [0, 0.1) is 18.3 Å². The van der Waals surface area contributed by atoms with Crippen LogP contribution >= 0.6 is 0 Å². The van der Waals surface area contributed by atoms with Crippen molar-refractivity contribution in [2.45, 2.75) is 6.92 Å². The zero-order chi connectivity index (χ0) is 12.3. The predicted molar refractivity (Wildman–Crippen MR) is 67.8 cm³/mol. The van der Waals surface area contributed by atoms with E-state index >= 15 is 0 Å². The lowest BCUT2D eigenvalue weighted by Crippen LogP contribution is -2.00. The number of aryl methyl sites for hydroxylation is 1. The smallest absolute Gasteiger partial charge is 0.153 e. The minimum atomic E-state index is 0.554. The van der Waals surface area contributed by atoms with Crippen molar-refractivity contribution in [1.29, 1.82) is 5.26 Å². The monoisotopic (exact) mass is 224 g/mol. The van der Waals surface area contributed by atoms with E-state index in [9.17, 15) is 0 Å². The average molecular weight is 224 g/mol. The van der Waals surface area contributed by atoms with E-state index in [0.29, 0.717) is 17.1 Å². The SMILES string of the molecule is Cc1cccc(Nc2ncccc2N)c1C#N. The molecule has 0 amide bonds. The highest BCUT2D eigenvalue weighted by atomic mass is 15.0. The van der Waals surface area contributed by atoms with Crippen molar-refractivity contribution < 1.29 is 0 Å². The van der Waals surface area contributed by atoms with Gasteiger partial charge in [0, 0.05) is 6.20 Å². The van der Waals surface area contributed by atoms with Crippen LogP contribution < -0.4 is 11.1 Å². The number of nitrogens with one attached hydrogen (secondary N) is 1. The molecule has 0 aliphatic heterocycles. The van der Waals surface area contributed by atoms with Gasteiger partial charge in [-0.1, -0.05) is 12.1 Å². The molecule has 1 aromatic heterocycles. The Kier molecular flexibility index (Phi) is 2.93. The average Bonchev–Trinajstić information content (AvgIpc) is 2.32. The van der Waals surface area contributed by atoms with Gasteiger partial charge < -0.3 is 11.1 Å². The van der Waals surface area contributed by atoms with E-state index in [2.05, 4.69) is 16.4 Å². The molecule has 0 atom stereocenters. The van der Waals surface area contributed by atoms with Gasteiger partial charge in [-0.3, -0.25) is 0 Å². The van der Waals surface area contributed by atoms with Crippen molar-refractivity contribution in [2.75, 3.05) is 11.1 Å². The van der Waals surface area contributed by atoms with E-state index in [-0.39, 0.29) is 0 Å². The lowest BCUT2D eigenvalue weighted by molar-refractivity contribution is 1.30. The molecular formula is C13H12N4. The summed E-state index contributed by atoms with van der Waals surface area (Å²) in [7, 11) is 0. The number of benzene rings is 1. The van der Waals surface area contributed by atoms with Gasteiger partial charge in [-0.05, 0) is 30.7 Å². The van der Waals surface area contributed by atoms with Crippen LogP contribution in [0.2, 0.25) is 0 Å². The molecule has 4 nitrogen and oxygen atoms in total. The summed E-state index contributed by atoms with van der Waals surface area (Å²) in [5.41, 5.74) is 8.60. The summed E-state index contributed by atoms with van der Waals surface area (Å²) >= 11 is 0. The second-order valence-electron chi connectivity index (χ2n) is 3.68. The van der Waals surface area contributed by atoms with Crippen molar-refractivity contribution in [3.63, 3.8) is 0 Å². The number of hydrogen-bond acceptors (Lipinski definition) is 4. The molecule has 0 radical (unpaired) electrons. The summed E-state index contributed by atoms with van der Waals surface area (Å²) < 4.78 is 0. The molecule has 1 aromatic carbocycles. The van der Waals surface area contributed by atoms with Crippen LogP contribution in [0.25, 0.3) is 0 Å². The minimum Gasteiger partial charge on any atom is -0.396 e. The van der Waals surface area contributed by atoms with Gasteiger partial charge in [-0.2, -0.15) is 5.26 Å². The molecule has 3 N–H and O–H groups in total. The maximum absolute atomic E-state index is 9.10. The quantitative estimate of drug-likeness (QED) is 0.822. The number of nitrogens with zero attached hydrogens (tertiary/aromatic N) is 2. The van der Waals surface area contributed by atoms with Gasteiger partial charge in [0.25, 0.3) is 0 Å². The second-order valence-corrected chi connectivity index (χ2v) is 3.68. The van der Waals surface area contributed by atoms with Crippen molar-refractivity contribution in [3.8, 4) is 6.07 Å². The molecule has 0 fully saturated rings. The van der Waals surface area contributed by atoms with Crippen molar-refractivity contribution in [3.05, 3.63) is 47.7 Å². The topological polar surface area (TPSA) is 74.7 Å². The van der Waals surface area contributed by atoms with Crippen molar-refractivity contribution in [2.24, 2.45) is 0 Å². The van der Waals surface area contributed by atoms with Gasteiger partial charge in [0.2, 0.25) is 0 Å². The molecule has 2 rings (SSSR count). The van der Waals surface area contributed by atoms with Crippen molar-refractivity contribution >= 4 is 17.2 Å². The lowest BCUT2D eigenvalue weighted by atomic mass is 10.1. The molecule has 2 aromatic rings. The molecule has 0 saturated heterocycles. The first-order valence-corrected chi connectivity index (χ1v) is 5.19. The van der Waals surface area contributed by atoms with Crippen LogP contribution in [0.4, 0.5) is 17.2 Å². The number of rotatable bonds is 2. The third kappa shape index (κ3) is 2.18. The molecule has 84 valence electrons. The van der Waals surface area contributed by atoms with Gasteiger partial charge in [-0.15, -0.1) is 0 Å². The first-order chi connectivity index (χ1) is 8.22. The second kappa shape index (κ2) is 4.54. The van der Waals surface area contributed by atoms with Gasteiger partial charge in [0.1, 0.15) is 6.07 Å². The Labute approximate surface area is 99.7 Å². The van der Waals surface area contributed by atoms with E-state index in [1.165, 1.54) is 0 Å². The number of pyridine rings is 1. The van der Waals surface area contributed by atoms with E-state index in [4.69, 9.17) is 11.0 Å². The first kappa shape index (κ1) is 11.0. The largest absolute Gasteiger partial charge is 0.396 e. The van der Waals surface area contributed by atoms with Crippen LogP contribution in [0.1, 0.15) is 11.1 Å². The molecule has 0 unspecified atom stereocenters. The van der Waals surface area contributed by atoms with Gasteiger partial charge in [-0.25, -0.2) is 4.98 Å². The Morgan fingerprint density at radius 2 is 2.12 bits per heavy atom. The number of anilines is 3. The van der Waals surface area contributed by atoms with Crippen LogP contribution in [-0.4, -0.2) is 4.98 Å². The van der Waals surface area contributed by atoms with Crippen molar-refractivity contribution in [1.82, 2.24) is 4.98 Å². The maximum Gasteiger partial charge on any atom is 0.153 e. The standard InChI is InChI=1S/C13H12N4/c1-9-4-2-6-12(10(9)8-14)17-13-11(15)5-3-7-16-13/h2-7H,15H2,1H3,(H,16,17). The Bertz CT molecular complexity index is 584. The molecule has 1 heterocycles. The lowest BCUT2D eigenvalue weighted by Gasteiger charge is -2.10. The number of nitrogens with two attached hydrogens (primary N) is 1. The molecular weight excluding hydrogens is 212 g/mol. The van der Waals surface area contributed by atoms with Crippen LogP contribution in [0.15, 0.2) is 36.5 Å². The highest BCUT2D eigenvalue weighted by molar-refractivity contribution is 5.72. The zero-order valence-electron chi connectivity index (χ0n) is 9.44. The molecule has 0 bridgehead atoms. The number of hydrogen-bond donors (Lipinski definition) is 2. The number of aromatic nitrogens is 1.